The Hall–Kier alpha value is -3.36. The minimum Gasteiger partial charge on any atom is -0.492 e. The van der Waals surface area contributed by atoms with Gasteiger partial charge in [-0.15, -0.1) is 11.3 Å². The Bertz CT molecular complexity index is 1490. The van der Waals surface area contributed by atoms with Crippen LogP contribution in [0.5, 0.6) is 5.75 Å². The lowest BCUT2D eigenvalue weighted by Gasteiger charge is -2.38. The Labute approximate surface area is 244 Å². The fraction of sp³-hybridized carbons (Fsp3) is 0.455. The molecule has 1 aromatic heterocycles. The van der Waals surface area contributed by atoms with E-state index in [1.807, 2.05) is 18.3 Å². The summed E-state index contributed by atoms with van der Waals surface area (Å²) in [6.45, 7) is 3.64. The Balaban J connectivity index is 0.989. The molecule has 3 aromatic rings. The van der Waals surface area contributed by atoms with Crippen LogP contribution in [0.3, 0.4) is 0 Å². The molecule has 0 bridgehead atoms. The molecule has 3 aliphatic heterocycles. The molecule has 1 N–H and O–H groups in total. The molecule has 212 valence electrons. The highest BCUT2D eigenvalue weighted by Gasteiger charge is 2.45. The van der Waals surface area contributed by atoms with E-state index in [9.17, 15) is 14.4 Å². The number of benzene rings is 2. The highest BCUT2D eigenvalue weighted by Crippen LogP contribution is 2.49. The first kappa shape index (κ1) is 26.5. The zero-order valence-corrected chi connectivity index (χ0v) is 24.0. The molecule has 7 nitrogen and oxygen atoms in total. The lowest BCUT2D eigenvalue weighted by Crippen LogP contribution is -2.43. The molecular formula is C33H35N3O4S. The van der Waals surface area contributed by atoms with Gasteiger partial charge in [0.25, 0.3) is 0 Å². The van der Waals surface area contributed by atoms with E-state index >= 15 is 0 Å². The maximum absolute atomic E-state index is 13.5. The van der Waals surface area contributed by atoms with Crippen molar-refractivity contribution >= 4 is 28.9 Å². The zero-order chi connectivity index (χ0) is 28.0. The third-order valence-electron chi connectivity index (χ3n) is 9.69. The lowest BCUT2D eigenvalue weighted by atomic mass is 9.72. The zero-order valence-electron chi connectivity index (χ0n) is 23.2. The summed E-state index contributed by atoms with van der Waals surface area (Å²) in [4.78, 5) is 45.6. The van der Waals surface area contributed by atoms with Crippen LogP contribution in [0.4, 0.5) is 0 Å². The van der Waals surface area contributed by atoms with Crippen molar-refractivity contribution in [3.05, 3.63) is 70.2 Å². The molecular weight excluding hydrogens is 534 g/mol. The summed E-state index contributed by atoms with van der Waals surface area (Å²) >= 11 is 1.78. The molecule has 2 saturated heterocycles. The molecule has 2 atom stereocenters. The average Bonchev–Trinajstić information content (AvgIpc) is 3.60. The van der Waals surface area contributed by atoms with Crippen LogP contribution in [0.15, 0.2) is 48.7 Å². The van der Waals surface area contributed by atoms with Crippen LogP contribution in [-0.4, -0.2) is 47.2 Å². The molecule has 7 rings (SSSR count). The van der Waals surface area contributed by atoms with Crippen molar-refractivity contribution in [2.75, 3.05) is 19.7 Å². The van der Waals surface area contributed by atoms with E-state index in [-0.39, 0.29) is 34.8 Å². The molecule has 4 aliphatic rings. The normalized spacial score (nSPS) is 23.7. The summed E-state index contributed by atoms with van der Waals surface area (Å²) in [6, 6.07) is 14.6. The molecule has 41 heavy (non-hydrogen) atoms. The minimum absolute atomic E-state index is 0.0233. The van der Waals surface area contributed by atoms with Gasteiger partial charge in [-0.2, -0.15) is 0 Å². The summed E-state index contributed by atoms with van der Waals surface area (Å²) in [6.07, 6.45) is 8.06. The van der Waals surface area contributed by atoms with E-state index in [0.717, 1.165) is 67.2 Å². The third-order valence-corrected chi connectivity index (χ3v) is 10.7. The number of thiazole rings is 1. The second-order valence-corrected chi connectivity index (χ2v) is 13.3. The molecule has 2 amide bonds. The molecule has 0 radical (unpaired) electrons. The van der Waals surface area contributed by atoms with Gasteiger partial charge in [-0.05, 0) is 58.0 Å². The summed E-state index contributed by atoms with van der Waals surface area (Å²) in [7, 11) is 0. The standard InChI is InChI=1S/C33H35N3O4S/c37-28-13-9-22(31(39)35-28)7-6-21-8-10-26-25(29(21)38)11-12-27-30(26)40-20-33(27)14-16-36(17-15-33)19-24-18-34-32(41-24)23-4-2-1-3-5-23/h1-5,11-12,18,21-22H,6-10,13-17,19-20H2,(H,35,37,39). The van der Waals surface area contributed by atoms with Gasteiger partial charge in [0.2, 0.25) is 11.8 Å². The number of amides is 2. The quantitative estimate of drug-likeness (QED) is 0.405. The smallest absolute Gasteiger partial charge is 0.229 e. The van der Waals surface area contributed by atoms with Gasteiger partial charge in [0.15, 0.2) is 5.78 Å². The van der Waals surface area contributed by atoms with E-state index in [1.54, 1.807) is 11.3 Å². The number of likely N-dealkylation sites (tertiary alicyclic amines) is 1. The van der Waals surface area contributed by atoms with Crippen molar-refractivity contribution in [1.82, 2.24) is 15.2 Å². The average molecular weight is 570 g/mol. The molecule has 2 aromatic carbocycles. The monoisotopic (exact) mass is 569 g/mol. The Morgan fingerprint density at radius 1 is 0.976 bits per heavy atom. The predicted octanol–water partition coefficient (Wildman–Crippen LogP) is 5.31. The topological polar surface area (TPSA) is 88.6 Å². The van der Waals surface area contributed by atoms with Crippen molar-refractivity contribution in [3.8, 4) is 16.3 Å². The molecule has 1 spiro atoms. The molecule has 2 fully saturated rings. The number of hydrogen-bond donors (Lipinski definition) is 1. The first-order valence-electron chi connectivity index (χ1n) is 14.9. The van der Waals surface area contributed by atoms with Gasteiger partial charge in [0, 0.05) is 63.5 Å². The number of nitrogens with one attached hydrogen (secondary N) is 1. The summed E-state index contributed by atoms with van der Waals surface area (Å²) < 4.78 is 6.40. The van der Waals surface area contributed by atoms with Gasteiger partial charge in [-0.25, -0.2) is 4.98 Å². The lowest BCUT2D eigenvalue weighted by molar-refractivity contribution is -0.136. The van der Waals surface area contributed by atoms with E-state index in [4.69, 9.17) is 4.74 Å². The summed E-state index contributed by atoms with van der Waals surface area (Å²) in [5, 5.41) is 3.51. The highest BCUT2D eigenvalue weighted by molar-refractivity contribution is 7.15. The number of piperidine rings is 2. The fourth-order valence-corrected chi connectivity index (χ4v) is 8.17. The number of fused-ring (bicyclic) bond motifs is 4. The third kappa shape index (κ3) is 5.01. The first-order valence-corrected chi connectivity index (χ1v) is 15.7. The number of ketones is 1. The van der Waals surface area contributed by atoms with Crippen molar-refractivity contribution in [2.45, 2.75) is 63.3 Å². The van der Waals surface area contributed by atoms with Crippen molar-refractivity contribution < 1.29 is 19.1 Å². The van der Waals surface area contributed by atoms with Crippen LogP contribution < -0.4 is 10.1 Å². The second-order valence-electron chi connectivity index (χ2n) is 12.1. The van der Waals surface area contributed by atoms with Crippen LogP contribution in [-0.2, 0) is 28.0 Å². The number of carbonyl (C=O) groups is 3. The first-order chi connectivity index (χ1) is 20.0. The second kappa shape index (κ2) is 10.8. The SMILES string of the molecule is O=C1CCC(CCC2CCc3c(ccc4c3OCC43CCN(Cc4cnc(-c5ccccc5)s4)CC3)C2=O)C(=O)N1. The molecule has 2 unspecified atom stereocenters. The molecule has 8 heteroatoms. The highest BCUT2D eigenvalue weighted by atomic mass is 32.1. The number of aromatic nitrogens is 1. The van der Waals surface area contributed by atoms with Gasteiger partial charge >= 0.3 is 0 Å². The van der Waals surface area contributed by atoms with Gasteiger partial charge < -0.3 is 4.74 Å². The summed E-state index contributed by atoms with van der Waals surface area (Å²) in [5.41, 5.74) is 4.37. The largest absolute Gasteiger partial charge is 0.492 e. The van der Waals surface area contributed by atoms with Crippen molar-refractivity contribution in [1.29, 1.82) is 0 Å². The van der Waals surface area contributed by atoms with Gasteiger partial charge in [0.1, 0.15) is 10.8 Å². The van der Waals surface area contributed by atoms with Gasteiger partial charge in [-0.1, -0.05) is 42.5 Å². The van der Waals surface area contributed by atoms with Gasteiger partial charge in [-0.3, -0.25) is 24.6 Å². The number of Topliss-reactive ketones (excluding diaryl/α,β-unsaturated/α-hetero) is 1. The van der Waals surface area contributed by atoms with Crippen LogP contribution in [0, 0.1) is 11.8 Å². The maximum Gasteiger partial charge on any atom is 0.229 e. The van der Waals surface area contributed by atoms with Crippen molar-refractivity contribution in [2.24, 2.45) is 11.8 Å². The van der Waals surface area contributed by atoms with E-state index in [2.05, 4.69) is 45.5 Å². The van der Waals surface area contributed by atoms with E-state index < -0.39 is 0 Å². The Morgan fingerprint density at radius 3 is 2.56 bits per heavy atom. The fourth-order valence-electron chi connectivity index (χ4n) is 7.21. The van der Waals surface area contributed by atoms with Crippen LogP contribution >= 0.6 is 11.3 Å². The van der Waals surface area contributed by atoms with Crippen LogP contribution in [0.2, 0.25) is 0 Å². The van der Waals surface area contributed by atoms with Gasteiger partial charge in [0.05, 0.1) is 6.61 Å². The molecule has 4 heterocycles. The van der Waals surface area contributed by atoms with E-state index in [1.165, 1.54) is 16.0 Å². The number of imide groups is 1. The molecule has 0 saturated carbocycles. The Kier molecular flexibility index (Phi) is 6.99. The number of nitrogens with zero attached hydrogens (tertiary/aromatic N) is 2. The van der Waals surface area contributed by atoms with Crippen molar-refractivity contribution in [3.63, 3.8) is 0 Å². The minimum atomic E-state index is -0.191. The predicted molar refractivity (Wildman–Crippen MR) is 157 cm³/mol. The maximum atomic E-state index is 13.5. The van der Waals surface area contributed by atoms with Crippen LogP contribution in [0.1, 0.15) is 71.3 Å². The Morgan fingerprint density at radius 2 is 1.76 bits per heavy atom. The number of ether oxygens (including phenoxy) is 1. The number of carbonyl (C=O) groups excluding carboxylic acids is 3. The molecule has 1 aliphatic carbocycles. The summed E-state index contributed by atoms with van der Waals surface area (Å²) in [5.74, 6) is 0.527. The number of hydrogen-bond acceptors (Lipinski definition) is 7. The van der Waals surface area contributed by atoms with E-state index in [0.29, 0.717) is 32.3 Å². The van der Waals surface area contributed by atoms with Crippen LogP contribution in [0.25, 0.3) is 10.6 Å². The number of rotatable bonds is 6.